The molecule has 3 aromatic rings. The number of hydrogen-bond donors (Lipinski definition) is 2. The van der Waals surface area contributed by atoms with Crippen LogP contribution >= 0.6 is 0 Å². The highest BCUT2D eigenvalue weighted by Gasteiger charge is 2.15. The van der Waals surface area contributed by atoms with Crippen molar-refractivity contribution in [3.63, 3.8) is 0 Å². The van der Waals surface area contributed by atoms with Crippen LogP contribution in [0.4, 0.5) is 5.69 Å². The van der Waals surface area contributed by atoms with Crippen molar-refractivity contribution >= 4 is 34.7 Å². The molecule has 0 aliphatic heterocycles. The van der Waals surface area contributed by atoms with Gasteiger partial charge in [0.25, 0.3) is 0 Å². The van der Waals surface area contributed by atoms with Crippen LogP contribution in [-0.4, -0.2) is 26.5 Å². The molecule has 0 bridgehead atoms. The number of benzene rings is 2. The number of imidazole rings is 1. The van der Waals surface area contributed by atoms with Gasteiger partial charge < -0.3 is 15.0 Å². The first-order valence-electron chi connectivity index (χ1n) is 7.27. The van der Waals surface area contributed by atoms with E-state index in [1.54, 1.807) is 23.8 Å². The van der Waals surface area contributed by atoms with Crippen LogP contribution in [0.5, 0.6) is 0 Å². The molecule has 2 aromatic carbocycles. The lowest BCUT2D eigenvalue weighted by molar-refractivity contribution is -0.111. The predicted molar refractivity (Wildman–Crippen MR) is 91.8 cm³/mol. The van der Waals surface area contributed by atoms with Crippen molar-refractivity contribution < 1.29 is 14.7 Å². The Hall–Kier alpha value is -3.41. The average molecular weight is 321 g/mol. The maximum Gasteiger partial charge on any atom is 0.337 e. The van der Waals surface area contributed by atoms with Crippen molar-refractivity contribution in [1.82, 2.24) is 9.55 Å². The highest BCUT2D eigenvalue weighted by atomic mass is 16.4. The number of aryl methyl sites for hydroxylation is 1. The SMILES string of the molecule is Cn1cnc2cc(NC(=O)/C=C/c3ccccc3)cc(C(=O)O)c21. The number of carbonyl (C=O) groups excluding carboxylic acids is 1. The number of aromatic nitrogens is 2. The van der Waals surface area contributed by atoms with Gasteiger partial charge in [-0.15, -0.1) is 0 Å². The highest BCUT2D eigenvalue weighted by molar-refractivity contribution is 6.06. The summed E-state index contributed by atoms with van der Waals surface area (Å²) >= 11 is 0. The average Bonchev–Trinajstić information content (AvgIpc) is 2.94. The van der Waals surface area contributed by atoms with Crippen LogP contribution in [-0.2, 0) is 11.8 Å². The Morgan fingerprint density at radius 2 is 1.96 bits per heavy atom. The third-order valence-electron chi connectivity index (χ3n) is 3.54. The molecule has 0 aliphatic rings. The van der Waals surface area contributed by atoms with E-state index in [9.17, 15) is 14.7 Å². The van der Waals surface area contributed by atoms with Gasteiger partial charge in [0.05, 0.1) is 22.9 Å². The van der Waals surface area contributed by atoms with Gasteiger partial charge in [-0.3, -0.25) is 4.79 Å². The van der Waals surface area contributed by atoms with Crippen LogP contribution in [0.25, 0.3) is 17.1 Å². The molecule has 0 saturated carbocycles. The van der Waals surface area contributed by atoms with Gasteiger partial charge in [0.2, 0.25) is 5.91 Å². The number of fused-ring (bicyclic) bond motifs is 1. The van der Waals surface area contributed by atoms with Gasteiger partial charge in [-0.05, 0) is 23.8 Å². The predicted octanol–water partition coefficient (Wildman–Crippen LogP) is 2.92. The zero-order valence-electron chi connectivity index (χ0n) is 12.9. The Morgan fingerprint density at radius 1 is 1.21 bits per heavy atom. The second-order valence-corrected chi connectivity index (χ2v) is 5.29. The third kappa shape index (κ3) is 3.17. The van der Waals surface area contributed by atoms with Crippen LogP contribution in [0.3, 0.4) is 0 Å². The number of rotatable bonds is 4. The summed E-state index contributed by atoms with van der Waals surface area (Å²) in [4.78, 5) is 27.6. The standard InChI is InChI=1S/C18H15N3O3/c1-21-11-19-15-10-13(9-14(17(15)21)18(23)24)20-16(22)8-7-12-5-3-2-4-6-12/h2-11H,1H3,(H,20,22)(H,23,24)/b8-7+. The summed E-state index contributed by atoms with van der Waals surface area (Å²) in [6.45, 7) is 0. The second kappa shape index (κ2) is 6.37. The largest absolute Gasteiger partial charge is 0.478 e. The van der Waals surface area contributed by atoms with E-state index >= 15 is 0 Å². The van der Waals surface area contributed by atoms with Crippen molar-refractivity contribution in [1.29, 1.82) is 0 Å². The monoisotopic (exact) mass is 321 g/mol. The number of carboxylic acids is 1. The van der Waals surface area contributed by atoms with E-state index in [2.05, 4.69) is 10.3 Å². The normalized spacial score (nSPS) is 11.0. The number of nitrogens with zero attached hydrogens (tertiary/aromatic N) is 2. The van der Waals surface area contributed by atoms with E-state index in [-0.39, 0.29) is 11.5 Å². The number of anilines is 1. The Bertz CT molecular complexity index is 943. The molecule has 120 valence electrons. The van der Waals surface area contributed by atoms with Crippen molar-refractivity contribution in [2.24, 2.45) is 7.05 Å². The van der Waals surface area contributed by atoms with E-state index in [1.165, 1.54) is 18.5 Å². The van der Waals surface area contributed by atoms with Crippen molar-refractivity contribution in [3.8, 4) is 0 Å². The number of carbonyl (C=O) groups is 2. The van der Waals surface area contributed by atoms with Crippen LogP contribution in [0.15, 0.2) is 54.9 Å². The summed E-state index contributed by atoms with van der Waals surface area (Å²) in [5.41, 5.74) is 2.41. The number of aromatic carboxylic acids is 1. The number of nitrogens with one attached hydrogen (secondary N) is 1. The lowest BCUT2D eigenvalue weighted by Crippen LogP contribution is -2.09. The molecule has 2 N–H and O–H groups in total. The molecule has 6 nitrogen and oxygen atoms in total. The molecule has 0 saturated heterocycles. The second-order valence-electron chi connectivity index (χ2n) is 5.29. The van der Waals surface area contributed by atoms with Gasteiger partial charge in [-0.2, -0.15) is 0 Å². The van der Waals surface area contributed by atoms with Crippen LogP contribution in [0.2, 0.25) is 0 Å². The first kappa shape index (κ1) is 15.5. The fraction of sp³-hybridized carbons (Fsp3) is 0.0556. The molecular weight excluding hydrogens is 306 g/mol. The number of carboxylic acid groups (broad SMARTS) is 1. The molecule has 0 unspecified atom stereocenters. The van der Waals surface area contributed by atoms with E-state index < -0.39 is 5.97 Å². The lowest BCUT2D eigenvalue weighted by Gasteiger charge is -2.06. The molecule has 0 spiro atoms. The molecule has 0 aliphatic carbocycles. The van der Waals surface area contributed by atoms with E-state index in [4.69, 9.17) is 0 Å². The van der Waals surface area contributed by atoms with Crippen molar-refractivity contribution in [2.45, 2.75) is 0 Å². The summed E-state index contributed by atoms with van der Waals surface area (Å²) in [7, 11) is 1.72. The first-order chi connectivity index (χ1) is 11.5. The number of amides is 1. The zero-order valence-corrected chi connectivity index (χ0v) is 12.9. The van der Waals surface area contributed by atoms with Crippen molar-refractivity contribution in [2.75, 3.05) is 5.32 Å². The molecule has 6 heteroatoms. The summed E-state index contributed by atoms with van der Waals surface area (Å²) in [5.74, 6) is -1.41. The maximum absolute atomic E-state index is 12.0. The fourth-order valence-electron chi connectivity index (χ4n) is 2.45. The minimum atomic E-state index is -1.07. The minimum Gasteiger partial charge on any atom is -0.478 e. The van der Waals surface area contributed by atoms with Gasteiger partial charge in [-0.25, -0.2) is 9.78 Å². The number of hydrogen-bond acceptors (Lipinski definition) is 3. The molecule has 3 rings (SSSR count). The van der Waals surface area contributed by atoms with E-state index in [0.29, 0.717) is 16.7 Å². The molecule has 0 radical (unpaired) electrons. The molecule has 1 heterocycles. The third-order valence-corrected chi connectivity index (χ3v) is 3.54. The van der Waals surface area contributed by atoms with Gasteiger partial charge in [-0.1, -0.05) is 30.3 Å². The molecule has 0 atom stereocenters. The first-order valence-corrected chi connectivity index (χ1v) is 7.27. The molecular formula is C18H15N3O3. The Labute approximate surface area is 138 Å². The van der Waals surface area contributed by atoms with E-state index in [0.717, 1.165) is 5.56 Å². The minimum absolute atomic E-state index is 0.0924. The zero-order chi connectivity index (χ0) is 17.1. The highest BCUT2D eigenvalue weighted by Crippen LogP contribution is 2.23. The summed E-state index contributed by atoms with van der Waals surface area (Å²) in [6.07, 6.45) is 4.63. The molecule has 0 fully saturated rings. The quantitative estimate of drug-likeness (QED) is 0.724. The van der Waals surface area contributed by atoms with Crippen molar-refractivity contribution in [3.05, 3.63) is 66.0 Å². The maximum atomic E-state index is 12.0. The summed E-state index contributed by atoms with van der Waals surface area (Å²) < 4.78 is 1.64. The molecule has 1 amide bonds. The fourth-order valence-corrected chi connectivity index (χ4v) is 2.45. The lowest BCUT2D eigenvalue weighted by atomic mass is 10.1. The van der Waals surface area contributed by atoms with Gasteiger partial charge >= 0.3 is 5.97 Å². The molecule has 1 aromatic heterocycles. The molecule has 24 heavy (non-hydrogen) atoms. The van der Waals surface area contributed by atoms with Crippen LogP contribution in [0, 0.1) is 0 Å². The van der Waals surface area contributed by atoms with Gasteiger partial charge in [0.1, 0.15) is 0 Å². The topological polar surface area (TPSA) is 84.2 Å². The van der Waals surface area contributed by atoms with Crippen LogP contribution < -0.4 is 5.32 Å². The smallest absolute Gasteiger partial charge is 0.337 e. The van der Waals surface area contributed by atoms with E-state index in [1.807, 2.05) is 30.3 Å². The van der Waals surface area contributed by atoms with Gasteiger partial charge in [0.15, 0.2) is 0 Å². The summed E-state index contributed by atoms with van der Waals surface area (Å²) in [5, 5.41) is 12.0. The Balaban J connectivity index is 1.86. The summed E-state index contributed by atoms with van der Waals surface area (Å²) in [6, 6.07) is 12.5. The Morgan fingerprint density at radius 3 is 2.67 bits per heavy atom. The Kier molecular flexibility index (Phi) is 4.11. The van der Waals surface area contributed by atoms with Gasteiger partial charge in [0, 0.05) is 18.8 Å². The van der Waals surface area contributed by atoms with Crippen LogP contribution in [0.1, 0.15) is 15.9 Å².